The van der Waals surface area contributed by atoms with Crippen molar-refractivity contribution < 1.29 is 4.74 Å². The van der Waals surface area contributed by atoms with Crippen molar-refractivity contribution in [3.05, 3.63) is 45.4 Å². The summed E-state index contributed by atoms with van der Waals surface area (Å²) < 4.78 is 5.92. The van der Waals surface area contributed by atoms with Crippen molar-refractivity contribution in [3.63, 3.8) is 0 Å². The van der Waals surface area contributed by atoms with Gasteiger partial charge >= 0.3 is 0 Å². The van der Waals surface area contributed by atoms with E-state index < -0.39 is 0 Å². The lowest BCUT2D eigenvalue weighted by atomic mass is 10.0. The van der Waals surface area contributed by atoms with Crippen LogP contribution in [0.15, 0.2) is 23.6 Å². The van der Waals surface area contributed by atoms with Crippen LogP contribution in [-0.2, 0) is 6.61 Å². The predicted octanol–water partition coefficient (Wildman–Crippen LogP) is 3.79. The summed E-state index contributed by atoms with van der Waals surface area (Å²) in [5.41, 5.74) is 8.61. The van der Waals surface area contributed by atoms with E-state index in [2.05, 4.69) is 44.0 Å². The van der Waals surface area contributed by atoms with E-state index in [4.69, 9.17) is 22.7 Å². The monoisotopic (exact) mass is 306 g/mol. The van der Waals surface area contributed by atoms with Crippen LogP contribution in [-0.4, -0.2) is 9.97 Å². The van der Waals surface area contributed by atoms with E-state index in [0.29, 0.717) is 23.2 Å². The van der Waals surface area contributed by atoms with E-state index >= 15 is 0 Å². The summed E-state index contributed by atoms with van der Waals surface area (Å²) in [4.78, 5) is 4.67. The number of ether oxygens (including phenoxy) is 1. The molecule has 2 aromatic rings. The standard InChI is InChI=1S/C15H18N2OS2/c1-9(2)11-5-4-10(3)6-13(11)18-7-14-17-12(8-20-14)15(16)19/h4-6,8-9H,7H2,1-3H3,(H2,16,19). The van der Waals surface area contributed by atoms with E-state index in [1.807, 2.05) is 5.38 Å². The van der Waals surface area contributed by atoms with Crippen LogP contribution in [0.25, 0.3) is 0 Å². The van der Waals surface area contributed by atoms with Crippen LogP contribution in [0, 0.1) is 6.92 Å². The molecule has 3 nitrogen and oxygen atoms in total. The molecule has 1 aromatic carbocycles. The van der Waals surface area contributed by atoms with E-state index in [0.717, 1.165) is 10.8 Å². The fraction of sp³-hybridized carbons (Fsp3) is 0.333. The molecule has 1 aromatic heterocycles. The molecule has 0 radical (unpaired) electrons. The molecule has 2 rings (SSSR count). The smallest absolute Gasteiger partial charge is 0.140 e. The Balaban J connectivity index is 2.13. The molecule has 20 heavy (non-hydrogen) atoms. The molecule has 0 aliphatic rings. The highest BCUT2D eigenvalue weighted by Gasteiger charge is 2.10. The first-order valence-electron chi connectivity index (χ1n) is 6.45. The molecule has 0 unspecified atom stereocenters. The summed E-state index contributed by atoms with van der Waals surface area (Å²) in [6, 6.07) is 6.30. The molecule has 0 fully saturated rings. The van der Waals surface area contributed by atoms with Crippen LogP contribution >= 0.6 is 23.6 Å². The molecule has 0 saturated carbocycles. The topological polar surface area (TPSA) is 48.1 Å². The van der Waals surface area contributed by atoms with Gasteiger partial charge in [0.15, 0.2) is 0 Å². The summed E-state index contributed by atoms with van der Waals surface area (Å²) in [7, 11) is 0. The maximum absolute atomic E-state index is 5.92. The van der Waals surface area contributed by atoms with Gasteiger partial charge in [0.25, 0.3) is 0 Å². The summed E-state index contributed by atoms with van der Waals surface area (Å²) in [6.07, 6.45) is 0. The third kappa shape index (κ3) is 3.55. The Labute approximate surface area is 128 Å². The Morgan fingerprint density at radius 2 is 2.20 bits per heavy atom. The van der Waals surface area contributed by atoms with Crippen LogP contribution in [0.2, 0.25) is 0 Å². The van der Waals surface area contributed by atoms with Gasteiger partial charge in [-0.15, -0.1) is 11.3 Å². The van der Waals surface area contributed by atoms with Gasteiger partial charge in [-0.05, 0) is 30.0 Å². The van der Waals surface area contributed by atoms with Gasteiger partial charge in [0.1, 0.15) is 28.0 Å². The van der Waals surface area contributed by atoms with Crippen LogP contribution in [0.5, 0.6) is 5.75 Å². The largest absolute Gasteiger partial charge is 0.486 e. The average Bonchev–Trinajstić information content (AvgIpc) is 2.85. The van der Waals surface area contributed by atoms with Crippen LogP contribution in [0.3, 0.4) is 0 Å². The number of thiocarbonyl (C=S) groups is 1. The van der Waals surface area contributed by atoms with E-state index in [1.54, 1.807) is 0 Å². The molecule has 0 atom stereocenters. The molecular weight excluding hydrogens is 288 g/mol. The zero-order chi connectivity index (χ0) is 14.7. The number of hydrogen-bond donors (Lipinski definition) is 1. The SMILES string of the molecule is Cc1ccc(C(C)C)c(OCc2nc(C(N)=S)cs2)c1. The number of thiazole rings is 1. The van der Waals surface area contributed by atoms with Crippen LogP contribution < -0.4 is 10.5 Å². The lowest BCUT2D eigenvalue weighted by Crippen LogP contribution is -2.10. The second-order valence-electron chi connectivity index (χ2n) is 4.98. The highest BCUT2D eigenvalue weighted by Crippen LogP contribution is 2.28. The number of aryl methyl sites for hydroxylation is 1. The number of aromatic nitrogens is 1. The average molecular weight is 306 g/mol. The van der Waals surface area contributed by atoms with Crippen LogP contribution in [0.4, 0.5) is 0 Å². The molecule has 0 spiro atoms. The first-order valence-corrected chi connectivity index (χ1v) is 7.73. The second kappa shape index (κ2) is 6.33. The molecule has 0 aliphatic heterocycles. The van der Waals surface area contributed by atoms with E-state index in [9.17, 15) is 0 Å². The number of rotatable bonds is 5. The Hall–Kier alpha value is -1.46. The van der Waals surface area contributed by atoms with E-state index in [-0.39, 0.29) is 0 Å². The predicted molar refractivity (Wildman–Crippen MR) is 87.6 cm³/mol. The molecular formula is C15H18N2OS2. The van der Waals surface area contributed by atoms with Gasteiger partial charge < -0.3 is 10.5 Å². The fourth-order valence-corrected chi connectivity index (χ4v) is 2.76. The fourth-order valence-electron chi connectivity index (χ4n) is 1.87. The molecule has 0 aliphatic carbocycles. The zero-order valence-electron chi connectivity index (χ0n) is 11.8. The van der Waals surface area contributed by atoms with Crippen molar-refractivity contribution in [1.82, 2.24) is 4.98 Å². The highest BCUT2D eigenvalue weighted by atomic mass is 32.1. The lowest BCUT2D eigenvalue weighted by molar-refractivity contribution is 0.301. The van der Waals surface area contributed by atoms with Gasteiger partial charge in [-0.25, -0.2) is 4.98 Å². The minimum Gasteiger partial charge on any atom is -0.486 e. The van der Waals surface area contributed by atoms with Crippen molar-refractivity contribution in [3.8, 4) is 5.75 Å². The first-order chi connectivity index (χ1) is 9.47. The lowest BCUT2D eigenvalue weighted by Gasteiger charge is -2.14. The Morgan fingerprint density at radius 3 is 2.80 bits per heavy atom. The summed E-state index contributed by atoms with van der Waals surface area (Å²) >= 11 is 6.42. The van der Waals surface area contributed by atoms with E-state index in [1.165, 1.54) is 22.5 Å². The molecule has 2 N–H and O–H groups in total. The number of hydrogen-bond acceptors (Lipinski definition) is 4. The van der Waals surface area contributed by atoms with Gasteiger partial charge in [-0.2, -0.15) is 0 Å². The summed E-state index contributed by atoms with van der Waals surface area (Å²) in [5.74, 6) is 1.35. The zero-order valence-corrected chi connectivity index (χ0v) is 13.5. The third-order valence-electron chi connectivity index (χ3n) is 2.95. The Morgan fingerprint density at radius 1 is 1.45 bits per heavy atom. The number of benzene rings is 1. The van der Waals surface area contributed by atoms with Crippen molar-refractivity contribution in [2.45, 2.75) is 33.3 Å². The van der Waals surface area contributed by atoms with Gasteiger partial charge in [0, 0.05) is 5.38 Å². The Kier molecular flexibility index (Phi) is 4.73. The molecule has 1 heterocycles. The molecule has 0 bridgehead atoms. The summed E-state index contributed by atoms with van der Waals surface area (Å²) in [6.45, 7) is 6.82. The minimum absolute atomic E-state index is 0.325. The second-order valence-corrected chi connectivity index (χ2v) is 6.36. The third-order valence-corrected chi connectivity index (χ3v) is 3.98. The van der Waals surface area contributed by atoms with Gasteiger partial charge in [-0.1, -0.05) is 38.2 Å². The van der Waals surface area contributed by atoms with Crippen molar-refractivity contribution in [1.29, 1.82) is 0 Å². The number of nitrogens with two attached hydrogens (primary N) is 1. The van der Waals surface area contributed by atoms with Crippen molar-refractivity contribution in [2.75, 3.05) is 0 Å². The summed E-state index contributed by atoms with van der Waals surface area (Å²) in [5, 5.41) is 2.74. The van der Waals surface area contributed by atoms with Crippen molar-refractivity contribution in [2.24, 2.45) is 5.73 Å². The maximum atomic E-state index is 5.92. The quantitative estimate of drug-likeness (QED) is 0.854. The molecule has 106 valence electrons. The van der Waals surface area contributed by atoms with Gasteiger partial charge in [-0.3, -0.25) is 0 Å². The van der Waals surface area contributed by atoms with Gasteiger partial charge in [0.05, 0.1) is 0 Å². The number of nitrogens with zero attached hydrogens (tertiary/aromatic N) is 1. The van der Waals surface area contributed by atoms with Crippen LogP contribution in [0.1, 0.15) is 41.6 Å². The van der Waals surface area contributed by atoms with Crippen molar-refractivity contribution >= 4 is 28.5 Å². The normalized spacial score (nSPS) is 10.8. The Bertz CT molecular complexity index is 620. The molecule has 0 amide bonds. The highest BCUT2D eigenvalue weighted by molar-refractivity contribution is 7.80. The first kappa shape index (κ1) is 14.9. The molecule has 5 heteroatoms. The maximum Gasteiger partial charge on any atom is 0.140 e. The van der Waals surface area contributed by atoms with Gasteiger partial charge in [0.2, 0.25) is 0 Å². The minimum atomic E-state index is 0.325. The molecule has 0 saturated heterocycles.